The van der Waals surface area contributed by atoms with Gasteiger partial charge in [-0.2, -0.15) is 4.73 Å². The van der Waals surface area contributed by atoms with Gasteiger partial charge in [-0.25, -0.2) is 9.98 Å². The molecule has 3 rings (SSSR count). The molecule has 25 heavy (non-hydrogen) atoms. The van der Waals surface area contributed by atoms with Crippen LogP contribution in [0.4, 0.5) is 0 Å². The lowest BCUT2D eigenvalue weighted by molar-refractivity contribution is -0.114. The fourth-order valence-electron chi connectivity index (χ4n) is 2.42. The number of rotatable bonds is 3. The average Bonchev–Trinajstić information content (AvgIpc) is 2.96. The molecule has 128 valence electrons. The quantitative estimate of drug-likeness (QED) is 0.431. The molecule has 0 aromatic carbocycles. The van der Waals surface area contributed by atoms with Gasteiger partial charge in [0.2, 0.25) is 0 Å². The predicted molar refractivity (Wildman–Crippen MR) is 91.9 cm³/mol. The summed E-state index contributed by atoms with van der Waals surface area (Å²) in [4.78, 5) is 32.8. The molecule has 0 spiro atoms. The molecule has 0 radical (unpaired) electrons. The number of aromatic nitrogens is 3. The van der Waals surface area contributed by atoms with Gasteiger partial charge in [-0.15, -0.1) is 0 Å². The van der Waals surface area contributed by atoms with E-state index < -0.39 is 11.7 Å². The molecule has 0 aliphatic carbocycles. The van der Waals surface area contributed by atoms with Crippen LogP contribution in [0.3, 0.4) is 0 Å². The molecule has 0 fully saturated rings. The summed E-state index contributed by atoms with van der Waals surface area (Å²) in [6.07, 6.45) is 5.40. The van der Waals surface area contributed by atoms with Crippen molar-refractivity contribution in [1.29, 1.82) is 0 Å². The molecule has 3 aromatic heterocycles. The van der Waals surface area contributed by atoms with Gasteiger partial charge in [0, 0.05) is 24.3 Å². The summed E-state index contributed by atoms with van der Waals surface area (Å²) in [7, 11) is 0. The van der Waals surface area contributed by atoms with Crippen molar-refractivity contribution < 1.29 is 14.8 Å². The molecule has 0 saturated carbocycles. The highest BCUT2D eigenvalue weighted by atomic mass is 35.5. The van der Waals surface area contributed by atoms with E-state index in [1.165, 1.54) is 0 Å². The summed E-state index contributed by atoms with van der Waals surface area (Å²) in [6, 6.07) is 3.40. The van der Waals surface area contributed by atoms with Gasteiger partial charge in [0.25, 0.3) is 5.78 Å². The monoisotopic (exact) mass is 378 g/mol. The summed E-state index contributed by atoms with van der Waals surface area (Å²) in [6.45, 7) is 2.50. The number of Topliss-reactive ketones (excluding diaryl/α,β-unsaturated/α-hetero) is 1. The van der Waals surface area contributed by atoms with Gasteiger partial charge < -0.3 is 9.77 Å². The van der Waals surface area contributed by atoms with Gasteiger partial charge in [-0.05, 0) is 19.1 Å². The number of carbonyl (C=O) groups excluding carboxylic acids is 2. The topological polar surface area (TPSA) is 89.5 Å². The van der Waals surface area contributed by atoms with E-state index >= 15 is 0 Å². The molecule has 1 N–H and O–H groups in total. The van der Waals surface area contributed by atoms with Crippen LogP contribution in [0.1, 0.15) is 17.3 Å². The number of amides is 1. The van der Waals surface area contributed by atoms with Crippen molar-refractivity contribution in [3.63, 3.8) is 0 Å². The number of hydrogen-bond acceptors (Lipinski definition) is 4. The first-order valence-electron chi connectivity index (χ1n) is 7.26. The highest BCUT2D eigenvalue weighted by molar-refractivity contribution is 6.45. The minimum Gasteiger partial charge on any atom is -0.429 e. The maximum absolute atomic E-state index is 12.6. The number of fused-ring (bicyclic) bond motifs is 1. The molecule has 1 amide bonds. The van der Waals surface area contributed by atoms with Crippen molar-refractivity contribution in [1.82, 2.24) is 14.3 Å². The Morgan fingerprint density at radius 2 is 1.92 bits per heavy atom. The fraction of sp³-hybridized carbons (Fsp3) is 0.125. The normalized spacial score (nSPS) is 10.8. The van der Waals surface area contributed by atoms with Crippen molar-refractivity contribution in [2.45, 2.75) is 13.5 Å². The first-order valence-corrected chi connectivity index (χ1v) is 8.01. The van der Waals surface area contributed by atoms with E-state index in [1.54, 1.807) is 29.1 Å². The molecule has 0 atom stereocenters. The van der Waals surface area contributed by atoms with E-state index in [4.69, 9.17) is 23.2 Å². The van der Waals surface area contributed by atoms with E-state index in [1.807, 2.05) is 6.92 Å². The lowest BCUT2D eigenvalue weighted by Gasteiger charge is -2.00. The van der Waals surface area contributed by atoms with Crippen molar-refractivity contribution in [3.05, 3.63) is 57.9 Å². The van der Waals surface area contributed by atoms with Crippen molar-refractivity contribution in [2.75, 3.05) is 0 Å². The SMILES string of the molecule is CCn1cc(C(=O)C(=O)N=c2c(Cl)cn(O)cc2Cl)c2cccnc21. The van der Waals surface area contributed by atoms with Crippen LogP contribution in [-0.2, 0) is 11.3 Å². The number of halogens is 2. The lowest BCUT2D eigenvalue weighted by Crippen LogP contribution is -2.18. The van der Waals surface area contributed by atoms with Crippen LogP contribution in [0.2, 0.25) is 10.0 Å². The highest BCUT2D eigenvalue weighted by Crippen LogP contribution is 2.20. The van der Waals surface area contributed by atoms with E-state index in [0.717, 1.165) is 12.4 Å². The fourth-order valence-corrected chi connectivity index (χ4v) is 2.96. The zero-order valence-electron chi connectivity index (χ0n) is 13.0. The van der Waals surface area contributed by atoms with Crippen LogP contribution in [0.5, 0.6) is 0 Å². The van der Waals surface area contributed by atoms with E-state index in [-0.39, 0.29) is 21.0 Å². The van der Waals surface area contributed by atoms with E-state index in [2.05, 4.69) is 9.98 Å². The number of carbonyl (C=O) groups is 2. The minimum atomic E-state index is -1.02. The second kappa shape index (κ2) is 6.70. The van der Waals surface area contributed by atoms with Gasteiger partial charge in [0.05, 0.1) is 28.0 Å². The van der Waals surface area contributed by atoms with Crippen molar-refractivity contribution >= 4 is 45.9 Å². The molecule has 0 bridgehead atoms. The molecule has 0 unspecified atom stereocenters. The van der Waals surface area contributed by atoms with Crippen molar-refractivity contribution in [2.24, 2.45) is 4.99 Å². The van der Waals surface area contributed by atoms with E-state index in [0.29, 0.717) is 22.3 Å². The van der Waals surface area contributed by atoms with Crippen LogP contribution in [0.15, 0.2) is 41.9 Å². The first kappa shape index (κ1) is 17.2. The van der Waals surface area contributed by atoms with Gasteiger partial charge in [0.15, 0.2) is 0 Å². The number of nitrogens with zero attached hydrogens (tertiary/aromatic N) is 4. The zero-order valence-corrected chi connectivity index (χ0v) is 14.5. The Morgan fingerprint density at radius 1 is 1.24 bits per heavy atom. The molecule has 3 aromatic rings. The first-order chi connectivity index (χ1) is 11.9. The predicted octanol–water partition coefficient (Wildman–Crippen LogP) is 2.71. The summed E-state index contributed by atoms with van der Waals surface area (Å²) in [5.74, 6) is -1.81. The molecular weight excluding hydrogens is 367 g/mol. The van der Waals surface area contributed by atoms with Gasteiger partial charge in [0.1, 0.15) is 11.0 Å². The number of hydrogen-bond donors (Lipinski definition) is 1. The third-order valence-corrected chi connectivity index (χ3v) is 4.12. The molecule has 0 aliphatic heterocycles. The Labute approximate surface area is 151 Å². The van der Waals surface area contributed by atoms with Gasteiger partial charge in [-0.3, -0.25) is 9.59 Å². The number of pyridine rings is 2. The van der Waals surface area contributed by atoms with Crippen LogP contribution >= 0.6 is 23.2 Å². The maximum atomic E-state index is 12.6. The number of aryl methyl sites for hydroxylation is 1. The van der Waals surface area contributed by atoms with Crippen LogP contribution in [-0.4, -0.2) is 31.2 Å². The molecule has 0 aliphatic rings. The summed E-state index contributed by atoms with van der Waals surface area (Å²) in [5.41, 5.74) is 0.817. The molecule has 9 heteroatoms. The average molecular weight is 379 g/mol. The Bertz CT molecular complexity index is 1040. The minimum absolute atomic E-state index is 0.0613. The van der Waals surface area contributed by atoms with Gasteiger partial charge >= 0.3 is 5.91 Å². The standard InChI is InChI=1S/C16H12Cl2N4O3/c1-2-21-6-10(9-4-3-5-19-15(9)21)14(23)16(24)20-13-11(17)7-22(25)8-12(13)18/h3-8,25H,2H2,1H3. The summed E-state index contributed by atoms with van der Waals surface area (Å²) >= 11 is 11.8. The second-order valence-corrected chi connectivity index (χ2v) is 5.95. The largest absolute Gasteiger partial charge is 0.429 e. The Kier molecular flexibility index (Phi) is 4.61. The maximum Gasteiger partial charge on any atom is 0.318 e. The molecule has 3 heterocycles. The second-order valence-electron chi connectivity index (χ2n) is 5.13. The Morgan fingerprint density at radius 3 is 2.56 bits per heavy atom. The summed E-state index contributed by atoms with van der Waals surface area (Å²) in [5, 5.41) is 9.70. The lowest BCUT2D eigenvalue weighted by atomic mass is 10.1. The smallest absolute Gasteiger partial charge is 0.318 e. The highest BCUT2D eigenvalue weighted by Gasteiger charge is 2.22. The van der Waals surface area contributed by atoms with Crippen molar-refractivity contribution in [3.8, 4) is 0 Å². The molecule has 0 saturated heterocycles. The Balaban J connectivity index is 2.08. The third-order valence-electron chi connectivity index (χ3n) is 3.57. The number of ketones is 1. The molecule has 7 nitrogen and oxygen atoms in total. The summed E-state index contributed by atoms with van der Waals surface area (Å²) < 4.78 is 2.41. The van der Waals surface area contributed by atoms with Crippen LogP contribution in [0.25, 0.3) is 11.0 Å². The third kappa shape index (κ3) is 3.16. The van der Waals surface area contributed by atoms with Crippen LogP contribution in [0, 0.1) is 0 Å². The van der Waals surface area contributed by atoms with Crippen LogP contribution < -0.4 is 5.36 Å². The van der Waals surface area contributed by atoms with Gasteiger partial charge in [-0.1, -0.05) is 23.2 Å². The zero-order chi connectivity index (χ0) is 18.1. The van der Waals surface area contributed by atoms with E-state index in [9.17, 15) is 14.8 Å². The Hall–Kier alpha value is -2.64. The molecular formula is C16H12Cl2N4O3.